The lowest BCUT2D eigenvalue weighted by Gasteiger charge is -2.24. The summed E-state index contributed by atoms with van der Waals surface area (Å²) >= 11 is 5.86. The van der Waals surface area contributed by atoms with Crippen molar-refractivity contribution in [3.05, 3.63) is 11.6 Å². The molecule has 76 valence electrons. The van der Waals surface area contributed by atoms with Gasteiger partial charge >= 0.3 is 0 Å². The van der Waals surface area contributed by atoms with Crippen molar-refractivity contribution in [2.24, 2.45) is 11.8 Å². The summed E-state index contributed by atoms with van der Waals surface area (Å²) in [6.07, 6.45) is 9.14. The number of alkyl halides is 1. The molecule has 0 aromatic carbocycles. The van der Waals surface area contributed by atoms with Gasteiger partial charge in [0, 0.05) is 5.88 Å². The van der Waals surface area contributed by atoms with Crippen molar-refractivity contribution >= 4 is 11.6 Å². The highest BCUT2D eigenvalue weighted by Gasteiger charge is 2.16. The standard InChI is InChI=1S/C12H21Cl/c1-3-11(9-13)8-12-6-4-5-10(2)7-12/h8,10,12H,3-7,9H2,1-2H3. The predicted molar refractivity (Wildman–Crippen MR) is 60.2 cm³/mol. The molecule has 0 aromatic rings. The van der Waals surface area contributed by atoms with E-state index in [4.69, 9.17) is 11.6 Å². The van der Waals surface area contributed by atoms with E-state index in [1.807, 2.05) is 0 Å². The Labute approximate surface area is 87.4 Å². The van der Waals surface area contributed by atoms with Gasteiger partial charge in [0.1, 0.15) is 0 Å². The van der Waals surface area contributed by atoms with Crippen molar-refractivity contribution in [2.75, 3.05) is 5.88 Å². The first-order valence-corrected chi connectivity index (χ1v) is 6.05. The van der Waals surface area contributed by atoms with Gasteiger partial charge in [0.2, 0.25) is 0 Å². The Morgan fingerprint density at radius 2 is 2.23 bits per heavy atom. The average molecular weight is 201 g/mol. The first kappa shape index (κ1) is 11.1. The van der Waals surface area contributed by atoms with E-state index in [0.29, 0.717) is 0 Å². The molecule has 0 N–H and O–H groups in total. The maximum absolute atomic E-state index is 5.86. The summed E-state index contributed by atoms with van der Waals surface area (Å²) < 4.78 is 0. The van der Waals surface area contributed by atoms with E-state index in [1.54, 1.807) is 0 Å². The van der Waals surface area contributed by atoms with Gasteiger partial charge in [-0.15, -0.1) is 11.6 Å². The van der Waals surface area contributed by atoms with Crippen LogP contribution in [0.3, 0.4) is 0 Å². The maximum atomic E-state index is 5.86. The fraction of sp³-hybridized carbons (Fsp3) is 0.833. The van der Waals surface area contributed by atoms with Crippen LogP contribution in [-0.4, -0.2) is 5.88 Å². The van der Waals surface area contributed by atoms with Crippen molar-refractivity contribution in [1.29, 1.82) is 0 Å². The quantitative estimate of drug-likeness (QED) is 0.468. The highest BCUT2D eigenvalue weighted by atomic mass is 35.5. The van der Waals surface area contributed by atoms with Crippen LogP contribution in [0.4, 0.5) is 0 Å². The van der Waals surface area contributed by atoms with Crippen LogP contribution in [0.5, 0.6) is 0 Å². The number of hydrogen-bond acceptors (Lipinski definition) is 0. The Hall–Kier alpha value is 0.0300. The van der Waals surface area contributed by atoms with Crippen molar-refractivity contribution < 1.29 is 0 Å². The van der Waals surface area contributed by atoms with Crippen LogP contribution < -0.4 is 0 Å². The summed E-state index contributed by atoms with van der Waals surface area (Å²) in [5, 5.41) is 0. The molecule has 0 bridgehead atoms. The monoisotopic (exact) mass is 200 g/mol. The molecular weight excluding hydrogens is 180 g/mol. The summed E-state index contributed by atoms with van der Waals surface area (Å²) in [7, 11) is 0. The largest absolute Gasteiger partial charge is 0.122 e. The summed E-state index contributed by atoms with van der Waals surface area (Å²) in [5.74, 6) is 2.46. The zero-order valence-corrected chi connectivity index (χ0v) is 9.61. The lowest BCUT2D eigenvalue weighted by Crippen LogP contribution is -2.11. The molecule has 0 saturated heterocycles. The third-order valence-electron chi connectivity index (χ3n) is 3.07. The van der Waals surface area contributed by atoms with Crippen LogP contribution in [0.15, 0.2) is 11.6 Å². The van der Waals surface area contributed by atoms with E-state index in [0.717, 1.165) is 24.1 Å². The van der Waals surface area contributed by atoms with Gasteiger partial charge in [-0.25, -0.2) is 0 Å². The molecule has 1 aliphatic carbocycles. The minimum Gasteiger partial charge on any atom is -0.122 e. The minimum atomic E-state index is 0.724. The van der Waals surface area contributed by atoms with Gasteiger partial charge < -0.3 is 0 Å². The van der Waals surface area contributed by atoms with E-state index >= 15 is 0 Å². The highest BCUT2D eigenvalue weighted by Crippen LogP contribution is 2.30. The minimum absolute atomic E-state index is 0.724. The van der Waals surface area contributed by atoms with Gasteiger partial charge in [-0.3, -0.25) is 0 Å². The number of hydrogen-bond donors (Lipinski definition) is 0. The highest BCUT2D eigenvalue weighted by molar-refractivity contribution is 6.19. The van der Waals surface area contributed by atoms with Gasteiger partial charge in [0.05, 0.1) is 0 Å². The van der Waals surface area contributed by atoms with Crippen molar-refractivity contribution in [3.63, 3.8) is 0 Å². The fourth-order valence-corrected chi connectivity index (χ4v) is 2.50. The first-order chi connectivity index (χ1) is 6.26. The fourth-order valence-electron chi connectivity index (χ4n) is 2.22. The Kier molecular flexibility index (Phi) is 4.87. The Balaban J connectivity index is 2.46. The van der Waals surface area contributed by atoms with Crippen LogP contribution in [-0.2, 0) is 0 Å². The van der Waals surface area contributed by atoms with Crippen LogP contribution >= 0.6 is 11.6 Å². The van der Waals surface area contributed by atoms with Crippen molar-refractivity contribution in [3.8, 4) is 0 Å². The molecule has 0 aromatic heterocycles. The molecule has 1 heteroatoms. The Morgan fingerprint density at radius 3 is 2.77 bits per heavy atom. The van der Waals surface area contributed by atoms with E-state index in [1.165, 1.54) is 31.3 Å². The molecule has 1 saturated carbocycles. The van der Waals surface area contributed by atoms with Crippen molar-refractivity contribution in [1.82, 2.24) is 0 Å². The molecule has 1 fully saturated rings. The second kappa shape index (κ2) is 5.70. The molecule has 0 spiro atoms. The first-order valence-electron chi connectivity index (χ1n) is 5.51. The number of rotatable bonds is 3. The van der Waals surface area contributed by atoms with E-state index < -0.39 is 0 Å². The average Bonchev–Trinajstić information content (AvgIpc) is 2.14. The van der Waals surface area contributed by atoms with E-state index in [-0.39, 0.29) is 0 Å². The molecule has 0 heterocycles. The van der Waals surface area contributed by atoms with Gasteiger partial charge in [-0.2, -0.15) is 0 Å². The Bertz CT molecular complexity index is 166. The molecule has 1 aliphatic rings. The van der Waals surface area contributed by atoms with Crippen LogP contribution in [0.2, 0.25) is 0 Å². The second-order valence-electron chi connectivity index (χ2n) is 4.34. The molecule has 1 rings (SSSR count). The van der Waals surface area contributed by atoms with Gasteiger partial charge in [0.15, 0.2) is 0 Å². The molecule has 0 amide bonds. The number of allylic oxidation sites excluding steroid dienone is 2. The molecule has 0 radical (unpaired) electrons. The van der Waals surface area contributed by atoms with E-state index in [2.05, 4.69) is 19.9 Å². The molecule has 2 unspecified atom stereocenters. The summed E-state index contributed by atoms with van der Waals surface area (Å²) in [5.41, 5.74) is 1.43. The molecule has 0 aliphatic heterocycles. The smallest absolute Gasteiger partial charge is 0.0433 e. The number of halogens is 1. The van der Waals surface area contributed by atoms with Gasteiger partial charge in [-0.05, 0) is 31.1 Å². The third-order valence-corrected chi connectivity index (χ3v) is 3.42. The normalized spacial score (nSPS) is 30.5. The molecule has 13 heavy (non-hydrogen) atoms. The summed E-state index contributed by atoms with van der Waals surface area (Å²) in [4.78, 5) is 0. The Morgan fingerprint density at radius 1 is 1.46 bits per heavy atom. The lowest BCUT2D eigenvalue weighted by atomic mass is 9.81. The van der Waals surface area contributed by atoms with Crippen LogP contribution in [0, 0.1) is 11.8 Å². The van der Waals surface area contributed by atoms with Crippen molar-refractivity contribution in [2.45, 2.75) is 46.0 Å². The molecular formula is C12H21Cl. The van der Waals surface area contributed by atoms with Crippen LogP contribution in [0.1, 0.15) is 46.0 Å². The van der Waals surface area contributed by atoms with Gasteiger partial charge in [0.25, 0.3) is 0 Å². The zero-order chi connectivity index (χ0) is 9.68. The third kappa shape index (κ3) is 3.72. The molecule has 0 nitrogen and oxygen atoms in total. The maximum Gasteiger partial charge on any atom is 0.0433 e. The molecule has 2 atom stereocenters. The second-order valence-corrected chi connectivity index (χ2v) is 4.61. The van der Waals surface area contributed by atoms with E-state index in [9.17, 15) is 0 Å². The predicted octanol–water partition coefficient (Wildman–Crippen LogP) is 4.39. The SMILES string of the molecule is CCC(=CC1CCCC(C)C1)CCl. The summed E-state index contributed by atoms with van der Waals surface area (Å²) in [6.45, 7) is 4.56. The van der Waals surface area contributed by atoms with Crippen LogP contribution in [0.25, 0.3) is 0 Å². The summed E-state index contributed by atoms with van der Waals surface area (Å²) in [6, 6.07) is 0. The van der Waals surface area contributed by atoms with Gasteiger partial charge in [-0.1, -0.05) is 38.3 Å². The zero-order valence-electron chi connectivity index (χ0n) is 8.85. The topological polar surface area (TPSA) is 0 Å². The lowest BCUT2D eigenvalue weighted by molar-refractivity contribution is 0.324.